The quantitative estimate of drug-likeness (QED) is 0.175. The largest absolute Gasteiger partial charge is 0.355 e. The van der Waals surface area contributed by atoms with Crippen molar-refractivity contribution in [3.8, 4) is 0 Å². The van der Waals surface area contributed by atoms with E-state index >= 15 is 0 Å². The molecule has 1 aliphatic carbocycles. The molecule has 0 spiro atoms. The number of hydrogen-bond acceptors (Lipinski definition) is 4. The predicted octanol–water partition coefficient (Wildman–Crippen LogP) is 7.53. The zero-order valence-corrected chi connectivity index (χ0v) is 21.2. The summed E-state index contributed by atoms with van der Waals surface area (Å²) in [6.45, 7) is 0. The number of aromatic amines is 2. The number of aromatic nitrogens is 2. The Balaban J connectivity index is 1.21. The second-order valence-corrected chi connectivity index (χ2v) is 9.90. The second kappa shape index (κ2) is 8.52. The van der Waals surface area contributed by atoms with E-state index in [9.17, 15) is 9.59 Å². The van der Waals surface area contributed by atoms with Crippen LogP contribution in [0, 0.1) is 0 Å². The van der Waals surface area contributed by atoms with E-state index in [2.05, 4.69) is 20.6 Å². The van der Waals surface area contributed by atoms with Gasteiger partial charge in [0.2, 0.25) is 11.6 Å². The summed E-state index contributed by atoms with van der Waals surface area (Å²) in [6, 6.07) is 27.2. The molecule has 8 heteroatoms. The fraction of sp³-hybridized carbons (Fsp3) is 0. The molecule has 6 nitrogen and oxygen atoms in total. The minimum atomic E-state index is -0.564. The van der Waals surface area contributed by atoms with Crippen LogP contribution in [0.25, 0.3) is 43.6 Å². The Morgan fingerprint density at radius 2 is 0.895 bits per heavy atom. The molecule has 0 radical (unpaired) electrons. The number of benzene rings is 4. The van der Waals surface area contributed by atoms with Crippen LogP contribution in [0.3, 0.4) is 0 Å². The number of rotatable bonds is 4. The molecule has 38 heavy (non-hydrogen) atoms. The van der Waals surface area contributed by atoms with Crippen LogP contribution in [0.15, 0.2) is 106 Å². The highest BCUT2D eigenvalue weighted by atomic mass is 35.5. The number of nitrogens with one attached hydrogen (secondary N) is 4. The Morgan fingerprint density at radius 3 is 1.34 bits per heavy atom. The Hall–Kier alpha value is -4.52. The number of H-pyrrole nitrogens is 2. The molecule has 2 aromatic heterocycles. The molecule has 0 atom stereocenters. The SMILES string of the molecule is O=C1C(Cl)=C(Nc2ccc3[nH]c4ccccc4c3c2)C(=O)C(Cl)=C1Nc1ccc2[nH]c3ccccc3c2c1. The minimum absolute atomic E-state index is 0.0570. The van der Waals surface area contributed by atoms with E-state index in [0.29, 0.717) is 11.4 Å². The molecule has 0 saturated carbocycles. The van der Waals surface area contributed by atoms with Gasteiger partial charge in [-0.2, -0.15) is 0 Å². The average molecular weight is 537 g/mol. The zero-order chi connectivity index (χ0) is 26.0. The van der Waals surface area contributed by atoms with Gasteiger partial charge in [-0.1, -0.05) is 59.6 Å². The third-order valence-electron chi connectivity index (χ3n) is 6.84. The summed E-state index contributed by atoms with van der Waals surface area (Å²) in [5.41, 5.74) is 5.04. The first-order valence-electron chi connectivity index (χ1n) is 11.9. The maximum Gasteiger partial charge on any atom is 0.224 e. The van der Waals surface area contributed by atoms with Crippen LogP contribution < -0.4 is 10.6 Å². The number of anilines is 2. The Kier molecular flexibility index (Phi) is 5.08. The predicted molar refractivity (Wildman–Crippen MR) is 155 cm³/mol. The molecule has 2 heterocycles. The molecule has 0 bridgehead atoms. The summed E-state index contributed by atoms with van der Waals surface area (Å²) in [6.07, 6.45) is 0. The zero-order valence-electron chi connectivity index (χ0n) is 19.7. The highest BCUT2D eigenvalue weighted by Gasteiger charge is 2.34. The molecule has 7 rings (SSSR count). The summed E-state index contributed by atoms with van der Waals surface area (Å²) >= 11 is 12.9. The third kappa shape index (κ3) is 3.49. The van der Waals surface area contributed by atoms with Crippen molar-refractivity contribution in [3.05, 3.63) is 106 Å². The van der Waals surface area contributed by atoms with Crippen LogP contribution in [0.5, 0.6) is 0 Å². The van der Waals surface area contributed by atoms with Crippen LogP contribution >= 0.6 is 23.2 Å². The van der Waals surface area contributed by atoms with Gasteiger partial charge >= 0.3 is 0 Å². The topological polar surface area (TPSA) is 89.8 Å². The van der Waals surface area contributed by atoms with Crippen LogP contribution in [-0.2, 0) is 9.59 Å². The fourth-order valence-corrected chi connectivity index (χ4v) is 5.46. The van der Waals surface area contributed by atoms with Crippen molar-refractivity contribution in [3.63, 3.8) is 0 Å². The first-order valence-corrected chi connectivity index (χ1v) is 12.7. The summed E-state index contributed by atoms with van der Waals surface area (Å²) in [5.74, 6) is -1.13. The Labute approximate surface area is 225 Å². The van der Waals surface area contributed by atoms with Crippen molar-refractivity contribution >= 4 is 89.8 Å². The summed E-state index contributed by atoms with van der Waals surface area (Å²) < 4.78 is 0. The van der Waals surface area contributed by atoms with E-state index in [4.69, 9.17) is 23.2 Å². The number of halogens is 2. The number of ketones is 2. The van der Waals surface area contributed by atoms with Crippen molar-refractivity contribution in [2.45, 2.75) is 0 Å². The molecule has 0 amide bonds. The number of Topliss-reactive ketones (excluding diaryl/α,β-unsaturated/α-hetero) is 2. The summed E-state index contributed by atoms with van der Waals surface area (Å²) in [7, 11) is 0. The molecule has 4 aromatic carbocycles. The van der Waals surface area contributed by atoms with Crippen molar-refractivity contribution in [2.24, 2.45) is 0 Å². The maximum absolute atomic E-state index is 13.3. The van der Waals surface area contributed by atoms with Crippen molar-refractivity contribution in [1.29, 1.82) is 0 Å². The molecular weight excluding hydrogens is 519 g/mol. The summed E-state index contributed by atoms with van der Waals surface area (Å²) in [4.78, 5) is 33.2. The lowest BCUT2D eigenvalue weighted by Crippen LogP contribution is -2.27. The van der Waals surface area contributed by atoms with Crippen molar-refractivity contribution in [1.82, 2.24) is 9.97 Å². The van der Waals surface area contributed by atoms with Crippen LogP contribution in [0.2, 0.25) is 0 Å². The highest BCUT2D eigenvalue weighted by Crippen LogP contribution is 2.34. The van der Waals surface area contributed by atoms with Gasteiger partial charge in [0.05, 0.1) is 0 Å². The van der Waals surface area contributed by atoms with Gasteiger partial charge in [-0.25, -0.2) is 0 Å². The van der Waals surface area contributed by atoms with E-state index in [0.717, 1.165) is 43.6 Å². The van der Waals surface area contributed by atoms with Gasteiger partial charge < -0.3 is 20.6 Å². The van der Waals surface area contributed by atoms with Gasteiger partial charge in [-0.05, 0) is 48.5 Å². The number of fused-ring (bicyclic) bond motifs is 6. The smallest absolute Gasteiger partial charge is 0.224 e. The lowest BCUT2D eigenvalue weighted by Gasteiger charge is -2.20. The van der Waals surface area contributed by atoms with E-state index in [-0.39, 0.29) is 21.5 Å². The molecule has 0 fully saturated rings. The van der Waals surface area contributed by atoms with Crippen LogP contribution in [0.4, 0.5) is 11.4 Å². The van der Waals surface area contributed by atoms with E-state index in [1.54, 1.807) is 0 Å². The average Bonchev–Trinajstić information content (AvgIpc) is 3.50. The van der Waals surface area contributed by atoms with Crippen molar-refractivity contribution in [2.75, 3.05) is 10.6 Å². The second-order valence-electron chi connectivity index (χ2n) is 9.15. The van der Waals surface area contributed by atoms with E-state index in [1.807, 2.05) is 84.9 Å². The molecule has 0 aliphatic heterocycles. The lowest BCUT2D eigenvalue weighted by atomic mass is 10.0. The van der Waals surface area contributed by atoms with Gasteiger partial charge in [-0.3, -0.25) is 9.59 Å². The first-order chi connectivity index (χ1) is 18.5. The highest BCUT2D eigenvalue weighted by molar-refractivity contribution is 6.56. The minimum Gasteiger partial charge on any atom is -0.355 e. The number of carbonyl (C=O) groups excluding carboxylic acids is 2. The first kappa shape index (κ1) is 22.7. The number of hydrogen-bond donors (Lipinski definition) is 4. The van der Waals surface area contributed by atoms with Gasteiger partial charge in [0.25, 0.3) is 0 Å². The van der Waals surface area contributed by atoms with Gasteiger partial charge in [0.15, 0.2) is 0 Å². The monoisotopic (exact) mass is 536 g/mol. The van der Waals surface area contributed by atoms with Crippen LogP contribution in [-0.4, -0.2) is 21.5 Å². The maximum atomic E-state index is 13.3. The number of para-hydroxylation sites is 2. The standard InChI is InChI=1S/C30H18Cl2N4O2/c31-25-27(33-15-9-11-23-19(13-15)17-5-1-3-7-21(17)35-23)29(37)26(32)28(30(25)38)34-16-10-12-24-20(14-16)18-6-2-4-8-22(18)36-24/h1-14,33-36H. The Bertz CT molecular complexity index is 1900. The lowest BCUT2D eigenvalue weighted by molar-refractivity contribution is -0.115. The normalized spacial score (nSPS) is 14.5. The van der Waals surface area contributed by atoms with Crippen LogP contribution in [0.1, 0.15) is 0 Å². The van der Waals surface area contributed by atoms with Gasteiger partial charge in [0, 0.05) is 55.0 Å². The van der Waals surface area contributed by atoms with Gasteiger partial charge in [0.1, 0.15) is 21.5 Å². The number of allylic oxidation sites excluding steroid dienone is 2. The molecule has 6 aromatic rings. The fourth-order valence-electron chi connectivity index (χ4n) is 5.01. The van der Waals surface area contributed by atoms with Crippen molar-refractivity contribution < 1.29 is 9.59 Å². The third-order valence-corrected chi connectivity index (χ3v) is 7.56. The molecule has 0 saturated heterocycles. The molecular formula is C30H18Cl2N4O2. The molecule has 184 valence electrons. The van der Waals surface area contributed by atoms with Gasteiger partial charge in [-0.15, -0.1) is 0 Å². The Morgan fingerprint density at radius 1 is 0.500 bits per heavy atom. The molecule has 0 unspecified atom stereocenters. The number of carbonyl (C=O) groups is 2. The van der Waals surface area contributed by atoms with E-state index in [1.165, 1.54) is 0 Å². The molecule has 4 N–H and O–H groups in total. The molecule has 1 aliphatic rings. The van der Waals surface area contributed by atoms with E-state index < -0.39 is 11.6 Å². The summed E-state index contributed by atoms with van der Waals surface area (Å²) in [5, 5.41) is 9.66.